The summed E-state index contributed by atoms with van der Waals surface area (Å²) in [6.07, 6.45) is -0.587. The largest absolute Gasteiger partial charge is 0.491 e. The Kier molecular flexibility index (Phi) is 6.13. The minimum atomic E-state index is -0.587. The van der Waals surface area contributed by atoms with E-state index in [2.05, 4.69) is 5.32 Å². The summed E-state index contributed by atoms with van der Waals surface area (Å²) in [4.78, 5) is 11.2. The molecule has 0 heterocycles. The van der Waals surface area contributed by atoms with Crippen molar-refractivity contribution in [2.45, 2.75) is 19.6 Å². The van der Waals surface area contributed by atoms with E-state index in [1.807, 2.05) is 30.3 Å². The van der Waals surface area contributed by atoms with Gasteiger partial charge in [-0.15, -0.1) is 0 Å². The lowest BCUT2D eigenvalue weighted by molar-refractivity contribution is 0.101. The van der Waals surface area contributed by atoms with E-state index in [1.54, 1.807) is 24.3 Å². The SMILES string of the molecule is CC(=O)c1ccc(OCC(O)CNCc2ccccc2)cc1. The van der Waals surface area contributed by atoms with Crippen molar-refractivity contribution in [1.82, 2.24) is 5.32 Å². The van der Waals surface area contributed by atoms with E-state index in [-0.39, 0.29) is 12.4 Å². The van der Waals surface area contributed by atoms with Crippen LogP contribution in [0.5, 0.6) is 5.75 Å². The predicted octanol–water partition coefficient (Wildman–Crippen LogP) is 2.42. The summed E-state index contributed by atoms with van der Waals surface area (Å²) in [5.74, 6) is 0.670. The van der Waals surface area contributed by atoms with E-state index in [4.69, 9.17) is 4.74 Å². The molecule has 0 aromatic heterocycles. The average molecular weight is 299 g/mol. The zero-order chi connectivity index (χ0) is 15.8. The minimum Gasteiger partial charge on any atom is -0.491 e. The average Bonchev–Trinajstić information content (AvgIpc) is 2.54. The molecule has 4 nitrogen and oxygen atoms in total. The number of aliphatic hydroxyl groups excluding tert-OH is 1. The Bertz CT molecular complexity index is 581. The number of Topliss-reactive ketones (excluding diaryl/α,β-unsaturated/α-hetero) is 1. The van der Waals surface area contributed by atoms with E-state index in [1.165, 1.54) is 12.5 Å². The van der Waals surface area contributed by atoms with Gasteiger partial charge in [0.15, 0.2) is 5.78 Å². The van der Waals surface area contributed by atoms with Crippen molar-refractivity contribution in [3.8, 4) is 5.75 Å². The number of hydrogen-bond donors (Lipinski definition) is 2. The lowest BCUT2D eigenvalue weighted by Gasteiger charge is -2.13. The van der Waals surface area contributed by atoms with Gasteiger partial charge < -0.3 is 15.2 Å². The van der Waals surface area contributed by atoms with Gasteiger partial charge >= 0.3 is 0 Å². The standard InChI is InChI=1S/C18H21NO3/c1-14(20)16-7-9-18(10-8-16)22-13-17(21)12-19-11-15-5-3-2-4-6-15/h2-10,17,19,21H,11-13H2,1H3. The fourth-order valence-corrected chi connectivity index (χ4v) is 2.02. The first-order valence-corrected chi connectivity index (χ1v) is 7.31. The highest BCUT2D eigenvalue weighted by Gasteiger charge is 2.05. The molecule has 22 heavy (non-hydrogen) atoms. The van der Waals surface area contributed by atoms with E-state index in [9.17, 15) is 9.90 Å². The molecule has 0 saturated heterocycles. The Morgan fingerprint density at radius 2 is 1.82 bits per heavy atom. The molecule has 2 aromatic rings. The van der Waals surface area contributed by atoms with E-state index in [0.717, 1.165) is 0 Å². The first-order valence-electron chi connectivity index (χ1n) is 7.31. The van der Waals surface area contributed by atoms with Crippen LogP contribution in [0.1, 0.15) is 22.8 Å². The molecule has 4 heteroatoms. The van der Waals surface area contributed by atoms with Crippen LogP contribution in [0.2, 0.25) is 0 Å². The van der Waals surface area contributed by atoms with Crippen LogP contribution in [0.3, 0.4) is 0 Å². The number of carbonyl (C=O) groups excluding carboxylic acids is 1. The number of benzene rings is 2. The highest BCUT2D eigenvalue weighted by atomic mass is 16.5. The normalized spacial score (nSPS) is 11.9. The van der Waals surface area contributed by atoms with Gasteiger partial charge in [-0.25, -0.2) is 0 Å². The monoisotopic (exact) mass is 299 g/mol. The second kappa shape index (κ2) is 8.32. The van der Waals surface area contributed by atoms with Crippen LogP contribution in [0.15, 0.2) is 54.6 Å². The molecule has 2 N–H and O–H groups in total. The first-order chi connectivity index (χ1) is 10.6. The molecular weight excluding hydrogens is 278 g/mol. The van der Waals surface area contributed by atoms with Crippen LogP contribution in [-0.2, 0) is 6.54 Å². The van der Waals surface area contributed by atoms with E-state index < -0.39 is 6.10 Å². The summed E-state index contributed by atoms with van der Waals surface area (Å²) in [6, 6.07) is 16.9. The topological polar surface area (TPSA) is 58.6 Å². The maximum Gasteiger partial charge on any atom is 0.159 e. The maximum atomic E-state index is 11.2. The number of aliphatic hydroxyl groups is 1. The number of ether oxygens (including phenoxy) is 1. The van der Waals surface area contributed by atoms with Crippen LogP contribution < -0.4 is 10.1 Å². The number of rotatable bonds is 8. The predicted molar refractivity (Wildman–Crippen MR) is 86.1 cm³/mol. The van der Waals surface area contributed by atoms with E-state index >= 15 is 0 Å². The number of hydrogen-bond acceptors (Lipinski definition) is 4. The van der Waals surface area contributed by atoms with Crippen molar-refractivity contribution >= 4 is 5.78 Å². The molecule has 1 atom stereocenters. The third-order valence-electron chi connectivity index (χ3n) is 3.26. The lowest BCUT2D eigenvalue weighted by Crippen LogP contribution is -2.31. The van der Waals surface area contributed by atoms with Crippen LogP contribution in [0.4, 0.5) is 0 Å². The van der Waals surface area contributed by atoms with Gasteiger partial charge in [-0.3, -0.25) is 4.79 Å². The fourth-order valence-electron chi connectivity index (χ4n) is 2.02. The number of nitrogens with one attached hydrogen (secondary N) is 1. The number of ketones is 1. The summed E-state index contributed by atoms with van der Waals surface area (Å²) in [6.45, 7) is 2.91. The molecule has 0 aliphatic carbocycles. The smallest absolute Gasteiger partial charge is 0.159 e. The molecule has 0 aliphatic rings. The molecule has 0 fully saturated rings. The van der Waals surface area contributed by atoms with Gasteiger partial charge in [-0.05, 0) is 36.8 Å². The maximum absolute atomic E-state index is 11.2. The van der Waals surface area contributed by atoms with Crippen LogP contribution in [0.25, 0.3) is 0 Å². The molecule has 2 aromatic carbocycles. The van der Waals surface area contributed by atoms with E-state index in [0.29, 0.717) is 24.4 Å². The summed E-state index contributed by atoms with van der Waals surface area (Å²) in [7, 11) is 0. The highest BCUT2D eigenvalue weighted by Crippen LogP contribution is 2.12. The van der Waals surface area contributed by atoms with Gasteiger partial charge in [0.2, 0.25) is 0 Å². The second-order valence-electron chi connectivity index (χ2n) is 5.16. The van der Waals surface area contributed by atoms with Crippen molar-refractivity contribution in [1.29, 1.82) is 0 Å². The molecule has 2 rings (SSSR count). The quantitative estimate of drug-likeness (QED) is 0.735. The van der Waals surface area contributed by atoms with Crippen LogP contribution in [0, 0.1) is 0 Å². The zero-order valence-corrected chi connectivity index (χ0v) is 12.7. The number of carbonyl (C=O) groups is 1. The molecule has 0 amide bonds. The third kappa shape index (κ3) is 5.31. The third-order valence-corrected chi connectivity index (χ3v) is 3.26. The van der Waals surface area contributed by atoms with Crippen molar-refractivity contribution in [2.75, 3.05) is 13.2 Å². The molecule has 0 bridgehead atoms. The van der Waals surface area contributed by atoms with Crippen LogP contribution >= 0.6 is 0 Å². The Hall–Kier alpha value is -2.17. The Labute approximate surface area is 130 Å². The van der Waals surface area contributed by atoms with Crippen molar-refractivity contribution in [3.05, 3.63) is 65.7 Å². The molecule has 0 spiro atoms. The van der Waals surface area contributed by atoms with Gasteiger partial charge in [-0.2, -0.15) is 0 Å². The van der Waals surface area contributed by atoms with Crippen molar-refractivity contribution < 1.29 is 14.6 Å². The Morgan fingerprint density at radius 3 is 2.45 bits per heavy atom. The fraction of sp³-hybridized carbons (Fsp3) is 0.278. The minimum absolute atomic E-state index is 0.0247. The Balaban J connectivity index is 1.69. The second-order valence-corrected chi connectivity index (χ2v) is 5.16. The highest BCUT2D eigenvalue weighted by molar-refractivity contribution is 5.94. The zero-order valence-electron chi connectivity index (χ0n) is 12.7. The summed E-state index contributed by atoms with van der Waals surface area (Å²) in [5.41, 5.74) is 1.83. The van der Waals surface area contributed by atoms with Gasteiger partial charge in [0.25, 0.3) is 0 Å². The summed E-state index contributed by atoms with van der Waals surface area (Å²) < 4.78 is 5.50. The van der Waals surface area contributed by atoms with Gasteiger partial charge in [0.1, 0.15) is 18.5 Å². The van der Waals surface area contributed by atoms with Crippen molar-refractivity contribution in [2.24, 2.45) is 0 Å². The van der Waals surface area contributed by atoms with Gasteiger partial charge in [0, 0.05) is 18.7 Å². The molecule has 1 unspecified atom stereocenters. The van der Waals surface area contributed by atoms with Gasteiger partial charge in [0.05, 0.1) is 0 Å². The first kappa shape index (κ1) is 16.2. The molecule has 116 valence electrons. The molecular formula is C18H21NO3. The lowest BCUT2D eigenvalue weighted by atomic mass is 10.1. The van der Waals surface area contributed by atoms with Gasteiger partial charge in [-0.1, -0.05) is 30.3 Å². The molecule has 0 radical (unpaired) electrons. The molecule has 0 aliphatic heterocycles. The molecule has 0 saturated carbocycles. The Morgan fingerprint density at radius 1 is 1.14 bits per heavy atom. The van der Waals surface area contributed by atoms with Crippen molar-refractivity contribution in [3.63, 3.8) is 0 Å². The van der Waals surface area contributed by atoms with Crippen LogP contribution in [-0.4, -0.2) is 30.1 Å². The summed E-state index contributed by atoms with van der Waals surface area (Å²) >= 11 is 0. The summed E-state index contributed by atoms with van der Waals surface area (Å²) in [5, 5.41) is 13.1.